The molecule has 0 radical (unpaired) electrons. The fraction of sp³-hybridized carbons (Fsp3) is 0.471. The molecule has 0 aliphatic rings. The zero-order valence-electron chi connectivity index (χ0n) is 14.0. The first-order valence-electron chi connectivity index (χ1n) is 7.63. The zero-order valence-corrected chi connectivity index (χ0v) is 14.8. The molecule has 2 heterocycles. The summed E-state index contributed by atoms with van der Waals surface area (Å²) in [5, 5.41) is 0.209. The van der Waals surface area contributed by atoms with E-state index >= 15 is 0 Å². The van der Waals surface area contributed by atoms with E-state index in [1.54, 1.807) is 12.3 Å². The lowest BCUT2D eigenvalue weighted by Crippen LogP contribution is -2.35. The molecular weight excluding hydrogens is 312 g/mol. The second-order valence-electron chi connectivity index (χ2n) is 6.60. The summed E-state index contributed by atoms with van der Waals surface area (Å²) in [6.07, 6.45) is 2.51. The van der Waals surface area contributed by atoms with Crippen molar-refractivity contribution in [2.75, 3.05) is 6.61 Å². The summed E-state index contributed by atoms with van der Waals surface area (Å²) in [5.41, 5.74) is 8.11. The molecule has 2 rings (SSSR count). The van der Waals surface area contributed by atoms with Crippen LogP contribution < -0.4 is 10.5 Å². The van der Waals surface area contributed by atoms with Gasteiger partial charge in [0.05, 0.1) is 23.7 Å². The molecule has 0 unspecified atom stereocenters. The average Bonchev–Trinajstić information content (AvgIpc) is 2.44. The Morgan fingerprint density at radius 3 is 2.52 bits per heavy atom. The number of hydrogen-bond acceptors (Lipinski definition) is 5. The van der Waals surface area contributed by atoms with Gasteiger partial charge in [-0.1, -0.05) is 6.92 Å². The highest BCUT2D eigenvalue weighted by atomic mass is 35.5. The summed E-state index contributed by atoms with van der Waals surface area (Å²) in [4.78, 5) is 12.6. The maximum Gasteiger partial charge on any atom is 0.222 e. The molecule has 0 aliphatic heterocycles. The SMILES string of the molecule is Cc1nc(-c2ccnc(Cl)n2)ccc1OC[C@@H](C)CC(C)(C)N. The highest BCUT2D eigenvalue weighted by Gasteiger charge is 2.16. The molecule has 23 heavy (non-hydrogen) atoms. The number of rotatable bonds is 6. The van der Waals surface area contributed by atoms with Crippen molar-refractivity contribution in [1.82, 2.24) is 15.0 Å². The van der Waals surface area contributed by atoms with E-state index in [4.69, 9.17) is 22.1 Å². The molecule has 0 saturated carbocycles. The van der Waals surface area contributed by atoms with E-state index in [9.17, 15) is 0 Å². The Hall–Kier alpha value is -1.72. The van der Waals surface area contributed by atoms with Gasteiger partial charge < -0.3 is 10.5 Å². The molecule has 6 heteroatoms. The third kappa shape index (κ3) is 5.44. The van der Waals surface area contributed by atoms with Crippen molar-refractivity contribution >= 4 is 11.6 Å². The van der Waals surface area contributed by atoms with Gasteiger partial charge in [0, 0.05) is 11.7 Å². The number of aromatic nitrogens is 3. The van der Waals surface area contributed by atoms with Crippen LogP contribution in [0.5, 0.6) is 5.75 Å². The lowest BCUT2D eigenvalue weighted by Gasteiger charge is -2.23. The van der Waals surface area contributed by atoms with Gasteiger partial charge >= 0.3 is 0 Å². The molecular formula is C17H23ClN4O. The van der Waals surface area contributed by atoms with E-state index in [-0.39, 0.29) is 10.8 Å². The van der Waals surface area contributed by atoms with E-state index in [0.29, 0.717) is 18.2 Å². The van der Waals surface area contributed by atoms with Crippen molar-refractivity contribution in [1.29, 1.82) is 0 Å². The number of pyridine rings is 1. The second-order valence-corrected chi connectivity index (χ2v) is 6.94. The minimum Gasteiger partial charge on any atom is -0.491 e. The highest BCUT2D eigenvalue weighted by Crippen LogP contribution is 2.23. The number of nitrogens with zero attached hydrogens (tertiary/aromatic N) is 3. The normalized spacial score (nSPS) is 13.0. The Balaban J connectivity index is 2.05. The Kier molecular flexibility index (Phi) is 5.55. The van der Waals surface area contributed by atoms with Gasteiger partial charge in [-0.25, -0.2) is 15.0 Å². The highest BCUT2D eigenvalue weighted by molar-refractivity contribution is 6.28. The van der Waals surface area contributed by atoms with Gasteiger partial charge in [0.25, 0.3) is 0 Å². The monoisotopic (exact) mass is 334 g/mol. The van der Waals surface area contributed by atoms with Crippen LogP contribution in [0.3, 0.4) is 0 Å². The fourth-order valence-corrected chi connectivity index (χ4v) is 2.66. The first kappa shape index (κ1) is 17.6. The topological polar surface area (TPSA) is 73.9 Å². The van der Waals surface area contributed by atoms with E-state index < -0.39 is 0 Å². The Labute approximate surface area is 142 Å². The maximum atomic E-state index is 6.04. The van der Waals surface area contributed by atoms with Crippen molar-refractivity contribution in [2.24, 2.45) is 11.7 Å². The molecule has 2 aromatic heterocycles. The Morgan fingerprint density at radius 1 is 1.22 bits per heavy atom. The molecule has 0 bridgehead atoms. The van der Waals surface area contributed by atoms with Crippen LogP contribution >= 0.6 is 11.6 Å². The van der Waals surface area contributed by atoms with Crippen LogP contribution in [0, 0.1) is 12.8 Å². The fourth-order valence-electron chi connectivity index (χ4n) is 2.51. The zero-order chi connectivity index (χ0) is 17.0. The summed E-state index contributed by atoms with van der Waals surface area (Å²) in [6.45, 7) is 8.71. The largest absolute Gasteiger partial charge is 0.491 e. The van der Waals surface area contributed by atoms with Crippen LogP contribution in [0.2, 0.25) is 5.28 Å². The van der Waals surface area contributed by atoms with Crippen LogP contribution in [0.15, 0.2) is 24.4 Å². The molecule has 0 aromatic carbocycles. The van der Waals surface area contributed by atoms with Crippen molar-refractivity contribution in [3.05, 3.63) is 35.4 Å². The molecule has 5 nitrogen and oxygen atoms in total. The second kappa shape index (κ2) is 7.23. The summed E-state index contributed by atoms with van der Waals surface area (Å²) < 4.78 is 5.88. The van der Waals surface area contributed by atoms with Gasteiger partial charge in [-0.3, -0.25) is 0 Å². The summed E-state index contributed by atoms with van der Waals surface area (Å²) >= 11 is 5.82. The van der Waals surface area contributed by atoms with Crippen LogP contribution in [0.25, 0.3) is 11.4 Å². The van der Waals surface area contributed by atoms with Crippen LogP contribution in [0.1, 0.15) is 32.9 Å². The molecule has 0 spiro atoms. The third-order valence-corrected chi connectivity index (χ3v) is 3.51. The van der Waals surface area contributed by atoms with Gasteiger partial charge in [0.1, 0.15) is 5.75 Å². The van der Waals surface area contributed by atoms with Gasteiger partial charge in [-0.15, -0.1) is 0 Å². The molecule has 124 valence electrons. The molecule has 0 aliphatic carbocycles. The van der Waals surface area contributed by atoms with Crippen molar-refractivity contribution in [3.63, 3.8) is 0 Å². The van der Waals surface area contributed by atoms with Gasteiger partial charge in [0.2, 0.25) is 5.28 Å². The summed E-state index contributed by atoms with van der Waals surface area (Å²) in [6, 6.07) is 5.56. The number of aryl methyl sites for hydroxylation is 1. The van der Waals surface area contributed by atoms with Gasteiger partial charge in [-0.05, 0) is 62.9 Å². The maximum absolute atomic E-state index is 6.04. The van der Waals surface area contributed by atoms with E-state index in [2.05, 4.69) is 21.9 Å². The average molecular weight is 335 g/mol. The quantitative estimate of drug-likeness (QED) is 0.816. The van der Waals surface area contributed by atoms with E-state index in [1.165, 1.54) is 0 Å². The van der Waals surface area contributed by atoms with E-state index in [1.807, 2.05) is 32.9 Å². The molecule has 0 saturated heterocycles. The summed E-state index contributed by atoms with van der Waals surface area (Å²) in [5.74, 6) is 1.14. The first-order chi connectivity index (χ1) is 10.7. The number of halogens is 1. The lowest BCUT2D eigenvalue weighted by molar-refractivity contribution is 0.227. The number of hydrogen-bond donors (Lipinski definition) is 1. The van der Waals surface area contributed by atoms with Gasteiger partial charge in [-0.2, -0.15) is 0 Å². The molecule has 2 N–H and O–H groups in total. The summed E-state index contributed by atoms with van der Waals surface area (Å²) in [7, 11) is 0. The Bertz CT molecular complexity index is 670. The predicted octanol–water partition coefficient (Wildman–Crippen LogP) is 3.64. The van der Waals surface area contributed by atoms with Crippen LogP contribution in [-0.2, 0) is 0 Å². The number of nitrogens with two attached hydrogens (primary N) is 1. The molecule has 0 fully saturated rings. The van der Waals surface area contributed by atoms with Crippen LogP contribution in [-0.4, -0.2) is 27.1 Å². The first-order valence-corrected chi connectivity index (χ1v) is 8.00. The van der Waals surface area contributed by atoms with Crippen molar-refractivity contribution < 1.29 is 4.74 Å². The van der Waals surface area contributed by atoms with Crippen molar-refractivity contribution in [2.45, 2.75) is 39.7 Å². The molecule has 2 aromatic rings. The molecule has 1 atom stereocenters. The minimum atomic E-state index is -0.188. The predicted molar refractivity (Wildman–Crippen MR) is 92.6 cm³/mol. The van der Waals surface area contributed by atoms with Gasteiger partial charge in [0.15, 0.2) is 0 Å². The Morgan fingerprint density at radius 2 is 1.91 bits per heavy atom. The minimum absolute atomic E-state index is 0.188. The third-order valence-electron chi connectivity index (χ3n) is 3.32. The smallest absolute Gasteiger partial charge is 0.222 e. The standard InChI is InChI=1S/C17H23ClN4O/c1-11(9-17(3,4)19)10-23-15-6-5-13(21-12(15)2)14-7-8-20-16(18)22-14/h5-8,11H,9-10,19H2,1-4H3/t11-/m0/s1. The van der Waals surface area contributed by atoms with Crippen molar-refractivity contribution in [3.8, 4) is 17.1 Å². The van der Waals surface area contributed by atoms with Crippen LogP contribution in [0.4, 0.5) is 0 Å². The lowest BCUT2D eigenvalue weighted by atomic mass is 9.93. The van der Waals surface area contributed by atoms with E-state index in [0.717, 1.165) is 23.6 Å². The molecule has 0 amide bonds. The number of ether oxygens (including phenoxy) is 1.